The van der Waals surface area contributed by atoms with Crippen LogP contribution in [-0.4, -0.2) is 36.1 Å². The first-order chi connectivity index (χ1) is 9.79. The van der Waals surface area contributed by atoms with Gasteiger partial charge in [-0.05, 0) is 32.3 Å². The van der Waals surface area contributed by atoms with Gasteiger partial charge in [0.25, 0.3) is 5.91 Å². The third-order valence-corrected chi connectivity index (χ3v) is 2.97. The molecule has 1 rings (SSSR count). The molecule has 0 saturated heterocycles. The van der Waals surface area contributed by atoms with Crippen LogP contribution in [0.1, 0.15) is 42.1 Å². The van der Waals surface area contributed by atoms with Crippen molar-refractivity contribution in [2.75, 3.05) is 13.1 Å². The molecule has 1 aromatic heterocycles. The summed E-state index contributed by atoms with van der Waals surface area (Å²) < 4.78 is 5.26. The molecule has 0 fully saturated rings. The maximum atomic E-state index is 11.9. The zero-order valence-corrected chi connectivity index (χ0v) is 13.0. The molecule has 0 bridgehead atoms. The lowest BCUT2D eigenvalue weighted by molar-refractivity contribution is -0.120. The van der Waals surface area contributed by atoms with Gasteiger partial charge >= 0.3 is 0 Å². The Bertz CT molecular complexity index is 494. The van der Waals surface area contributed by atoms with Crippen molar-refractivity contribution >= 4 is 11.8 Å². The lowest BCUT2D eigenvalue weighted by atomic mass is 10.1. The van der Waals surface area contributed by atoms with Gasteiger partial charge in [0.15, 0.2) is 0 Å². The number of carbonyl (C=O) groups excluding carboxylic acids is 2. The van der Waals surface area contributed by atoms with Crippen LogP contribution in [0.25, 0.3) is 0 Å². The number of nitrogens with one attached hydrogen (secondary N) is 2. The van der Waals surface area contributed by atoms with Crippen LogP contribution in [0, 0.1) is 19.8 Å². The highest BCUT2D eigenvalue weighted by Crippen LogP contribution is 2.13. The molecule has 0 radical (unpaired) electrons. The first-order valence-electron chi connectivity index (χ1n) is 7.09. The fourth-order valence-electron chi connectivity index (χ4n) is 2.03. The van der Waals surface area contributed by atoms with Gasteiger partial charge in [-0.1, -0.05) is 13.8 Å². The van der Waals surface area contributed by atoms with Crippen LogP contribution >= 0.6 is 0 Å². The summed E-state index contributed by atoms with van der Waals surface area (Å²) in [6.07, 6.45) is 0.0589. The van der Waals surface area contributed by atoms with E-state index in [1.807, 2.05) is 13.8 Å². The number of carbonyl (C=O) groups is 2. The van der Waals surface area contributed by atoms with Crippen LogP contribution in [-0.2, 0) is 4.79 Å². The van der Waals surface area contributed by atoms with Gasteiger partial charge in [-0.15, -0.1) is 0 Å². The normalized spacial score (nSPS) is 12.3. The zero-order valence-electron chi connectivity index (χ0n) is 13.0. The maximum absolute atomic E-state index is 11.9. The quantitative estimate of drug-likeness (QED) is 0.704. The van der Waals surface area contributed by atoms with Crippen molar-refractivity contribution in [2.45, 2.75) is 40.2 Å². The monoisotopic (exact) mass is 296 g/mol. The number of aliphatic hydroxyl groups is 1. The largest absolute Gasteiger partial charge is 0.466 e. The van der Waals surface area contributed by atoms with Gasteiger partial charge in [-0.2, -0.15) is 0 Å². The van der Waals surface area contributed by atoms with Gasteiger partial charge in [-0.3, -0.25) is 9.59 Å². The van der Waals surface area contributed by atoms with E-state index in [1.54, 1.807) is 19.9 Å². The third kappa shape index (κ3) is 5.99. The average molecular weight is 296 g/mol. The molecule has 0 aliphatic heterocycles. The van der Waals surface area contributed by atoms with Gasteiger partial charge in [-0.25, -0.2) is 0 Å². The number of aryl methyl sites for hydroxylation is 2. The Kier molecular flexibility index (Phi) is 6.42. The molecule has 6 heteroatoms. The van der Waals surface area contributed by atoms with Gasteiger partial charge in [0.05, 0.1) is 18.2 Å². The van der Waals surface area contributed by atoms with Gasteiger partial charge in [0.2, 0.25) is 5.91 Å². The molecule has 0 saturated carbocycles. The standard InChI is InChI=1S/C15H24N2O4/c1-9(2)5-12(18)7-16-14(19)8-17-15(20)13-6-10(3)21-11(13)4/h6,9,12,18H,5,7-8H2,1-4H3,(H,16,19)(H,17,20). The molecule has 1 heterocycles. The molecule has 6 nitrogen and oxygen atoms in total. The second kappa shape index (κ2) is 7.83. The molecular formula is C15H24N2O4. The lowest BCUT2D eigenvalue weighted by Crippen LogP contribution is -2.40. The average Bonchev–Trinajstić information content (AvgIpc) is 2.72. The SMILES string of the molecule is Cc1cc(C(=O)NCC(=O)NCC(O)CC(C)C)c(C)o1. The Hall–Kier alpha value is -1.82. The third-order valence-electron chi connectivity index (χ3n) is 2.97. The Morgan fingerprint density at radius 2 is 1.95 bits per heavy atom. The van der Waals surface area contributed by atoms with Crippen LogP contribution in [0.15, 0.2) is 10.5 Å². The van der Waals surface area contributed by atoms with Gasteiger partial charge in [0.1, 0.15) is 11.5 Å². The molecule has 118 valence electrons. The molecule has 0 aromatic carbocycles. The van der Waals surface area contributed by atoms with E-state index in [0.717, 1.165) is 0 Å². The number of furan rings is 1. The smallest absolute Gasteiger partial charge is 0.255 e. The summed E-state index contributed by atoms with van der Waals surface area (Å²) in [6.45, 7) is 7.52. The topological polar surface area (TPSA) is 91.6 Å². The van der Waals surface area contributed by atoms with Crippen LogP contribution in [0.2, 0.25) is 0 Å². The molecule has 0 aliphatic rings. The van der Waals surface area contributed by atoms with E-state index < -0.39 is 6.10 Å². The Balaban J connectivity index is 2.33. The molecule has 21 heavy (non-hydrogen) atoms. The lowest BCUT2D eigenvalue weighted by Gasteiger charge is -2.14. The van der Waals surface area contributed by atoms with E-state index in [1.165, 1.54) is 0 Å². The fraction of sp³-hybridized carbons (Fsp3) is 0.600. The summed E-state index contributed by atoms with van der Waals surface area (Å²) in [4.78, 5) is 23.5. The summed E-state index contributed by atoms with van der Waals surface area (Å²) >= 11 is 0. The van der Waals surface area contributed by atoms with Crippen molar-refractivity contribution in [3.8, 4) is 0 Å². The first-order valence-corrected chi connectivity index (χ1v) is 7.09. The molecule has 2 amide bonds. The number of hydrogen-bond donors (Lipinski definition) is 3. The maximum Gasteiger partial charge on any atom is 0.255 e. The Morgan fingerprint density at radius 3 is 2.48 bits per heavy atom. The molecule has 3 N–H and O–H groups in total. The van der Waals surface area contributed by atoms with E-state index in [-0.39, 0.29) is 24.9 Å². The van der Waals surface area contributed by atoms with Crippen molar-refractivity contribution in [1.29, 1.82) is 0 Å². The predicted octanol–water partition coefficient (Wildman–Crippen LogP) is 1.15. The first kappa shape index (κ1) is 17.2. The predicted molar refractivity (Wildman–Crippen MR) is 79.0 cm³/mol. The highest BCUT2D eigenvalue weighted by atomic mass is 16.3. The van der Waals surface area contributed by atoms with Crippen molar-refractivity contribution in [3.63, 3.8) is 0 Å². The van der Waals surface area contributed by atoms with Gasteiger partial charge < -0.3 is 20.2 Å². The molecule has 1 atom stereocenters. The number of aliphatic hydroxyl groups excluding tert-OH is 1. The summed E-state index contributed by atoms with van der Waals surface area (Å²) in [7, 11) is 0. The minimum Gasteiger partial charge on any atom is -0.466 e. The minimum absolute atomic E-state index is 0.128. The molecule has 0 aliphatic carbocycles. The van der Waals surface area contributed by atoms with Crippen LogP contribution in [0.3, 0.4) is 0 Å². The van der Waals surface area contributed by atoms with Crippen LogP contribution in [0.4, 0.5) is 0 Å². The Morgan fingerprint density at radius 1 is 1.29 bits per heavy atom. The van der Waals surface area contributed by atoms with Crippen LogP contribution < -0.4 is 10.6 Å². The van der Waals surface area contributed by atoms with E-state index in [4.69, 9.17) is 4.42 Å². The van der Waals surface area contributed by atoms with E-state index in [9.17, 15) is 14.7 Å². The second-order valence-electron chi connectivity index (χ2n) is 5.60. The summed E-state index contributed by atoms with van der Waals surface area (Å²) in [5, 5.41) is 14.8. The van der Waals surface area contributed by atoms with Crippen LogP contribution in [0.5, 0.6) is 0 Å². The number of rotatable bonds is 7. The van der Waals surface area contributed by atoms with Crippen molar-refractivity contribution in [2.24, 2.45) is 5.92 Å². The molecule has 0 spiro atoms. The Labute approximate surface area is 124 Å². The van der Waals surface area contributed by atoms with E-state index >= 15 is 0 Å². The number of hydrogen-bond acceptors (Lipinski definition) is 4. The zero-order chi connectivity index (χ0) is 16.0. The molecule has 1 unspecified atom stereocenters. The highest BCUT2D eigenvalue weighted by Gasteiger charge is 2.14. The molecule has 1 aromatic rings. The fourth-order valence-corrected chi connectivity index (χ4v) is 2.03. The van der Waals surface area contributed by atoms with Crippen molar-refractivity contribution in [1.82, 2.24) is 10.6 Å². The van der Waals surface area contributed by atoms with Gasteiger partial charge in [0, 0.05) is 6.54 Å². The van der Waals surface area contributed by atoms with E-state index in [0.29, 0.717) is 29.4 Å². The van der Waals surface area contributed by atoms with E-state index in [2.05, 4.69) is 10.6 Å². The number of amides is 2. The second-order valence-corrected chi connectivity index (χ2v) is 5.60. The molecular weight excluding hydrogens is 272 g/mol. The highest BCUT2D eigenvalue weighted by molar-refractivity contribution is 5.97. The van der Waals surface area contributed by atoms with Crippen molar-refractivity contribution in [3.05, 3.63) is 23.2 Å². The summed E-state index contributed by atoms with van der Waals surface area (Å²) in [5.41, 5.74) is 0.431. The minimum atomic E-state index is -0.566. The van der Waals surface area contributed by atoms with Crippen molar-refractivity contribution < 1.29 is 19.1 Å². The summed E-state index contributed by atoms with van der Waals surface area (Å²) in [5.74, 6) is 0.867. The summed E-state index contributed by atoms with van der Waals surface area (Å²) in [6, 6.07) is 1.63.